The standard InChI is InChI=1S/C14H13BrClNO/c1-9-3-2-4-10(8-17)14(9)18-13-6-5-11(16)7-12(13)15/h2-7H,8,17H2,1H3. The molecule has 0 atom stereocenters. The highest BCUT2D eigenvalue weighted by molar-refractivity contribution is 9.10. The fourth-order valence-corrected chi connectivity index (χ4v) is 2.45. The first-order chi connectivity index (χ1) is 8.61. The van der Waals surface area contributed by atoms with Gasteiger partial charge in [-0.2, -0.15) is 0 Å². The smallest absolute Gasteiger partial charge is 0.141 e. The van der Waals surface area contributed by atoms with E-state index in [0.29, 0.717) is 11.6 Å². The summed E-state index contributed by atoms with van der Waals surface area (Å²) >= 11 is 9.34. The molecule has 0 aliphatic rings. The summed E-state index contributed by atoms with van der Waals surface area (Å²) in [5.74, 6) is 1.53. The lowest BCUT2D eigenvalue weighted by atomic mass is 10.1. The fraction of sp³-hybridized carbons (Fsp3) is 0.143. The van der Waals surface area contributed by atoms with Gasteiger partial charge >= 0.3 is 0 Å². The minimum absolute atomic E-state index is 0.447. The Balaban J connectivity index is 2.39. The zero-order valence-corrected chi connectivity index (χ0v) is 12.3. The van der Waals surface area contributed by atoms with Crippen LogP contribution in [0.1, 0.15) is 11.1 Å². The molecule has 0 aliphatic heterocycles. The van der Waals surface area contributed by atoms with Crippen LogP contribution in [0, 0.1) is 6.92 Å². The maximum absolute atomic E-state index is 5.93. The van der Waals surface area contributed by atoms with Crippen molar-refractivity contribution in [3.8, 4) is 11.5 Å². The van der Waals surface area contributed by atoms with E-state index in [0.717, 1.165) is 27.1 Å². The zero-order chi connectivity index (χ0) is 13.1. The monoisotopic (exact) mass is 325 g/mol. The summed E-state index contributed by atoms with van der Waals surface area (Å²) in [4.78, 5) is 0. The summed E-state index contributed by atoms with van der Waals surface area (Å²) in [6.45, 7) is 2.44. The number of hydrogen-bond acceptors (Lipinski definition) is 2. The molecular formula is C14H13BrClNO. The molecule has 0 saturated carbocycles. The topological polar surface area (TPSA) is 35.2 Å². The molecule has 2 aromatic rings. The van der Waals surface area contributed by atoms with Crippen molar-refractivity contribution in [3.05, 3.63) is 57.0 Å². The number of aryl methyl sites for hydroxylation is 1. The second kappa shape index (κ2) is 5.74. The lowest BCUT2D eigenvalue weighted by Crippen LogP contribution is -2.01. The van der Waals surface area contributed by atoms with Crippen molar-refractivity contribution < 1.29 is 4.74 Å². The summed E-state index contributed by atoms with van der Waals surface area (Å²) in [5.41, 5.74) is 7.76. The number of nitrogens with two attached hydrogens (primary N) is 1. The Hall–Kier alpha value is -1.03. The summed E-state index contributed by atoms with van der Waals surface area (Å²) in [7, 11) is 0. The normalized spacial score (nSPS) is 10.4. The second-order valence-corrected chi connectivity index (χ2v) is 5.23. The van der Waals surface area contributed by atoms with Crippen molar-refractivity contribution in [1.82, 2.24) is 0 Å². The van der Waals surface area contributed by atoms with Crippen molar-refractivity contribution in [3.63, 3.8) is 0 Å². The number of rotatable bonds is 3. The summed E-state index contributed by atoms with van der Waals surface area (Å²) in [6, 6.07) is 11.4. The largest absolute Gasteiger partial charge is 0.456 e. The van der Waals surface area contributed by atoms with Crippen LogP contribution < -0.4 is 10.5 Å². The van der Waals surface area contributed by atoms with E-state index in [9.17, 15) is 0 Å². The molecule has 0 spiro atoms. The predicted octanol–water partition coefficient (Wildman–Crippen LogP) is 4.66. The Morgan fingerprint density at radius 2 is 2.06 bits per heavy atom. The lowest BCUT2D eigenvalue weighted by Gasteiger charge is -2.14. The van der Waals surface area contributed by atoms with E-state index in [2.05, 4.69) is 15.9 Å². The van der Waals surface area contributed by atoms with E-state index >= 15 is 0 Å². The van der Waals surface area contributed by atoms with Crippen molar-refractivity contribution in [2.24, 2.45) is 5.73 Å². The SMILES string of the molecule is Cc1cccc(CN)c1Oc1ccc(Cl)cc1Br. The van der Waals surface area contributed by atoms with E-state index in [1.54, 1.807) is 12.1 Å². The quantitative estimate of drug-likeness (QED) is 0.890. The zero-order valence-electron chi connectivity index (χ0n) is 9.91. The number of benzene rings is 2. The number of hydrogen-bond donors (Lipinski definition) is 1. The molecule has 0 unspecified atom stereocenters. The molecule has 2 rings (SSSR count). The Kier molecular flexibility index (Phi) is 4.27. The third kappa shape index (κ3) is 2.86. The van der Waals surface area contributed by atoms with Crippen LogP contribution in [0.15, 0.2) is 40.9 Å². The van der Waals surface area contributed by atoms with Crippen LogP contribution in [0.2, 0.25) is 5.02 Å². The van der Waals surface area contributed by atoms with Gasteiger partial charge in [-0.25, -0.2) is 0 Å². The summed E-state index contributed by atoms with van der Waals surface area (Å²) in [6.07, 6.45) is 0. The Morgan fingerprint density at radius 3 is 2.72 bits per heavy atom. The average Bonchev–Trinajstić information content (AvgIpc) is 2.34. The van der Waals surface area contributed by atoms with E-state index in [4.69, 9.17) is 22.1 Å². The van der Waals surface area contributed by atoms with Crippen molar-refractivity contribution in [1.29, 1.82) is 0 Å². The van der Waals surface area contributed by atoms with Gasteiger partial charge in [0.2, 0.25) is 0 Å². The minimum Gasteiger partial charge on any atom is -0.456 e. The molecule has 2 aromatic carbocycles. The van der Waals surface area contributed by atoms with Crippen LogP contribution in [0.3, 0.4) is 0 Å². The molecule has 0 heterocycles. The highest BCUT2D eigenvalue weighted by Crippen LogP contribution is 2.34. The van der Waals surface area contributed by atoms with Crippen LogP contribution in [0.5, 0.6) is 11.5 Å². The molecule has 94 valence electrons. The average molecular weight is 327 g/mol. The van der Waals surface area contributed by atoms with Gasteiger partial charge < -0.3 is 10.5 Å². The third-order valence-corrected chi connectivity index (χ3v) is 3.47. The molecule has 4 heteroatoms. The van der Waals surface area contributed by atoms with E-state index in [1.807, 2.05) is 31.2 Å². The molecule has 0 bridgehead atoms. The first kappa shape index (κ1) is 13.4. The molecule has 0 saturated heterocycles. The van der Waals surface area contributed by atoms with Crippen LogP contribution in [0.4, 0.5) is 0 Å². The van der Waals surface area contributed by atoms with E-state index < -0.39 is 0 Å². The van der Waals surface area contributed by atoms with Crippen LogP contribution in [-0.4, -0.2) is 0 Å². The Bertz CT molecular complexity index is 572. The maximum atomic E-state index is 5.93. The second-order valence-electron chi connectivity index (χ2n) is 3.94. The first-order valence-corrected chi connectivity index (χ1v) is 6.70. The van der Waals surface area contributed by atoms with Crippen LogP contribution in [-0.2, 0) is 6.54 Å². The molecule has 2 nitrogen and oxygen atoms in total. The van der Waals surface area contributed by atoms with Gasteiger partial charge in [0.1, 0.15) is 11.5 Å². The number of para-hydroxylation sites is 1. The van der Waals surface area contributed by atoms with Gasteiger partial charge in [-0.15, -0.1) is 0 Å². The van der Waals surface area contributed by atoms with Gasteiger partial charge in [0.05, 0.1) is 4.47 Å². The Labute approximate surface area is 120 Å². The third-order valence-electron chi connectivity index (χ3n) is 2.62. The van der Waals surface area contributed by atoms with Crippen molar-refractivity contribution in [2.45, 2.75) is 13.5 Å². The lowest BCUT2D eigenvalue weighted by molar-refractivity contribution is 0.469. The van der Waals surface area contributed by atoms with Gasteiger partial charge in [0.15, 0.2) is 0 Å². The molecule has 0 aromatic heterocycles. The van der Waals surface area contributed by atoms with Crippen molar-refractivity contribution in [2.75, 3.05) is 0 Å². The van der Waals surface area contributed by atoms with Gasteiger partial charge in [0.25, 0.3) is 0 Å². The van der Waals surface area contributed by atoms with E-state index in [1.165, 1.54) is 0 Å². The van der Waals surface area contributed by atoms with Gasteiger partial charge in [-0.3, -0.25) is 0 Å². The van der Waals surface area contributed by atoms with Gasteiger partial charge in [0, 0.05) is 17.1 Å². The number of halogens is 2. The summed E-state index contributed by atoms with van der Waals surface area (Å²) < 4.78 is 6.75. The highest BCUT2D eigenvalue weighted by atomic mass is 79.9. The molecular weight excluding hydrogens is 314 g/mol. The predicted molar refractivity (Wildman–Crippen MR) is 78.3 cm³/mol. The van der Waals surface area contributed by atoms with Crippen molar-refractivity contribution >= 4 is 27.5 Å². The highest BCUT2D eigenvalue weighted by Gasteiger charge is 2.09. The fourth-order valence-electron chi connectivity index (χ4n) is 1.69. The minimum atomic E-state index is 0.447. The molecule has 0 amide bonds. The van der Waals surface area contributed by atoms with Gasteiger partial charge in [-0.05, 0) is 46.6 Å². The van der Waals surface area contributed by atoms with Gasteiger partial charge in [-0.1, -0.05) is 29.8 Å². The number of ether oxygens (including phenoxy) is 1. The molecule has 18 heavy (non-hydrogen) atoms. The van der Waals surface area contributed by atoms with Crippen LogP contribution in [0.25, 0.3) is 0 Å². The molecule has 0 radical (unpaired) electrons. The maximum Gasteiger partial charge on any atom is 0.141 e. The molecule has 0 fully saturated rings. The molecule has 2 N–H and O–H groups in total. The Morgan fingerprint density at radius 1 is 1.28 bits per heavy atom. The summed E-state index contributed by atoms with van der Waals surface area (Å²) in [5, 5.41) is 0.665. The first-order valence-electron chi connectivity index (χ1n) is 5.53. The van der Waals surface area contributed by atoms with Crippen LogP contribution >= 0.6 is 27.5 Å². The molecule has 0 aliphatic carbocycles. The van der Waals surface area contributed by atoms with E-state index in [-0.39, 0.29) is 0 Å².